The third kappa shape index (κ3) is 3.07. The van der Waals surface area contributed by atoms with Crippen molar-refractivity contribution in [2.24, 2.45) is 11.8 Å². The first-order valence-corrected chi connectivity index (χ1v) is 11.3. The number of likely N-dealkylation sites (tertiary alicyclic amines) is 1. The zero-order chi connectivity index (χ0) is 20.9. The maximum Gasteiger partial charge on any atom is 0.246 e. The largest absolute Gasteiger partial charge is 0.360 e. The van der Waals surface area contributed by atoms with Gasteiger partial charge in [0.1, 0.15) is 5.60 Å². The number of nitrogens with zero attached hydrogens (tertiary/aromatic N) is 4. The average molecular weight is 415 g/mol. The molecule has 4 aliphatic rings. The summed E-state index contributed by atoms with van der Waals surface area (Å²) in [5.41, 5.74) is -0.644. The molecule has 8 nitrogen and oxygen atoms in total. The number of hydrogen-bond donors (Lipinski definition) is 0. The highest BCUT2D eigenvalue weighted by molar-refractivity contribution is 5.93. The molecule has 4 atom stereocenters. The molecule has 1 spiro atoms. The second-order valence-corrected chi connectivity index (χ2v) is 9.10. The lowest BCUT2D eigenvalue weighted by Crippen LogP contribution is -2.46. The quantitative estimate of drug-likeness (QED) is 0.542. The van der Waals surface area contributed by atoms with Gasteiger partial charge in [-0.3, -0.25) is 9.59 Å². The van der Waals surface area contributed by atoms with E-state index < -0.39 is 17.4 Å². The summed E-state index contributed by atoms with van der Waals surface area (Å²) in [5, 5.41) is 3.81. The van der Waals surface area contributed by atoms with Crippen LogP contribution in [0.25, 0.3) is 0 Å². The second kappa shape index (κ2) is 7.48. The van der Waals surface area contributed by atoms with Crippen LogP contribution < -0.4 is 0 Å². The lowest BCUT2D eigenvalue weighted by molar-refractivity contribution is -0.144. The summed E-state index contributed by atoms with van der Waals surface area (Å²) >= 11 is 0. The summed E-state index contributed by atoms with van der Waals surface area (Å²) < 4.78 is 11.5. The lowest BCUT2D eigenvalue weighted by Gasteiger charge is -2.30. The van der Waals surface area contributed by atoms with Crippen molar-refractivity contribution in [1.29, 1.82) is 0 Å². The average Bonchev–Trinajstić information content (AvgIpc) is 3.43. The summed E-state index contributed by atoms with van der Waals surface area (Å²) in [5.74, 6) is 0.0740. The number of carbonyl (C=O) groups is 2. The monoisotopic (exact) mass is 414 g/mol. The van der Waals surface area contributed by atoms with Gasteiger partial charge in [-0.05, 0) is 26.7 Å². The van der Waals surface area contributed by atoms with Crippen LogP contribution in [-0.2, 0) is 20.9 Å². The Morgan fingerprint density at radius 1 is 1.30 bits per heavy atom. The molecule has 0 aromatic carbocycles. The topological polar surface area (TPSA) is 88.8 Å². The molecule has 30 heavy (non-hydrogen) atoms. The number of aromatic nitrogens is 2. The SMILES string of the molecule is CCN(Cc1nc(C)no1)C(=O)C1C2C(=O)N(C3CCCCCC3)C[C@]23C=C[C@H]1O3. The molecule has 8 heteroatoms. The predicted octanol–water partition coefficient (Wildman–Crippen LogP) is 2.23. The van der Waals surface area contributed by atoms with Crippen LogP contribution in [0, 0.1) is 18.8 Å². The van der Waals surface area contributed by atoms with Gasteiger partial charge in [-0.2, -0.15) is 4.98 Å². The number of ether oxygens (including phenoxy) is 1. The van der Waals surface area contributed by atoms with E-state index in [-0.39, 0.29) is 30.5 Å². The van der Waals surface area contributed by atoms with Gasteiger partial charge in [-0.15, -0.1) is 0 Å². The first-order chi connectivity index (χ1) is 14.5. The standard InChI is InChI=1S/C22H30N4O4/c1-3-25(12-17-23-14(2)24-30-17)20(27)18-16-10-11-22(29-16)13-26(21(28)19(18)22)15-8-6-4-5-7-9-15/h10-11,15-16,18-19H,3-9,12-13H2,1-2H3/t16-,18?,19?,22-/m1/s1. The van der Waals surface area contributed by atoms with Gasteiger partial charge in [-0.1, -0.05) is 43.0 Å². The molecule has 1 saturated carbocycles. The van der Waals surface area contributed by atoms with Crippen molar-refractivity contribution in [3.05, 3.63) is 23.9 Å². The molecule has 1 aromatic heterocycles. The lowest BCUT2D eigenvalue weighted by atomic mass is 9.76. The van der Waals surface area contributed by atoms with Crippen molar-refractivity contribution in [2.75, 3.05) is 13.1 Å². The third-order valence-corrected chi connectivity index (χ3v) is 7.27. The smallest absolute Gasteiger partial charge is 0.246 e. The van der Waals surface area contributed by atoms with Gasteiger partial charge < -0.3 is 19.1 Å². The Kier molecular flexibility index (Phi) is 4.92. The summed E-state index contributed by atoms with van der Waals surface area (Å²) in [6.07, 6.45) is 10.6. The summed E-state index contributed by atoms with van der Waals surface area (Å²) in [4.78, 5) is 35.1. The van der Waals surface area contributed by atoms with Gasteiger partial charge in [0.15, 0.2) is 5.82 Å². The van der Waals surface area contributed by atoms with E-state index in [0.717, 1.165) is 12.8 Å². The van der Waals surface area contributed by atoms with Crippen LogP contribution in [0.4, 0.5) is 0 Å². The normalized spacial score (nSPS) is 33.2. The van der Waals surface area contributed by atoms with Gasteiger partial charge in [0, 0.05) is 12.6 Å². The van der Waals surface area contributed by atoms with Crippen molar-refractivity contribution in [1.82, 2.24) is 19.9 Å². The summed E-state index contributed by atoms with van der Waals surface area (Å²) in [6.45, 7) is 5.02. The molecule has 3 aliphatic heterocycles. The molecule has 2 bridgehead atoms. The molecule has 162 valence electrons. The minimum atomic E-state index is -0.644. The van der Waals surface area contributed by atoms with Gasteiger partial charge in [0.25, 0.3) is 0 Å². The minimum Gasteiger partial charge on any atom is -0.360 e. The maximum atomic E-state index is 13.6. The molecule has 1 aromatic rings. The molecule has 2 unspecified atom stereocenters. The van der Waals surface area contributed by atoms with Crippen LogP contribution in [0.1, 0.15) is 57.2 Å². The molecule has 2 amide bonds. The first-order valence-electron chi connectivity index (χ1n) is 11.3. The summed E-state index contributed by atoms with van der Waals surface area (Å²) in [7, 11) is 0. The van der Waals surface area contributed by atoms with Gasteiger partial charge >= 0.3 is 0 Å². The summed E-state index contributed by atoms with van der Waals surface area (Å²) in [6, 6.07) is 0.274. The molecule has 2 saturated heterocycles. The van der Waals surface area contributed by atoms with Crippen molar-refractivity contribution in [3.63, 3.8) is 0 Å². The highest BCUT2D eigenvalue weighted by Gasteiger charge is 2.67. The Morgan fingerprint density at radius 2 is 2.07 bits per heavy atom. The zero-order valence-corrected chi connectivity index (χ0v) is 17.7. The van der Waals surface area contributed by atoms with Crippen LogP contribution in [0.15, 0.2) is 16.7 Å². The third-order valence-electron chi connectivity index (χ3n) is 7.27. The molecule has 5 rings (SSSR count). The van der Waals surface area contributed by atoms with E-state index in [1.807, 2.05) is 24.0 Å². The van der Waals surface area contributed by atoms with Crippen molar-refractivity contribution in [3.8, 4) is 0 Å². The van der Waals surface area contributed by atoms with E-state index in [0.29, 0.717) is 24.8 Å². The minimum absolute atomic E-state index is 0.0642. The van der Waals surface area contributed by atoms with Crippen LogP contribution in [-0.4, -0.2) is 62.6 Å². The maximum absolute atomic E-state index is 13.6. The van der Waals surface area contributed by atoms with Crippen molar-refractivity contribution >= 4 is 11.8 Å². The van der Waals surface area contributed by atoms with E-state index in [2.05, 4.69) is 10.1 Å². The van der Waals surface area contributed by atoms with Crippen LogP contribution in [0.2, 0.25) is 0 Å². The molecular weight excluding hydrogens is 384 g/mol. The Balaban J connectivity index is 1.38. The predicted molar refractivity (Wildman–Crippen MR) is 107 cm³/mol. The zero-order valence-electron chi connectivity index (χ0n) is 17.7. The van der Waals surface area contributed by atoms with Gasteiger partial charge in [0.05, 0.1) is 31.0 Å². The molecule has 0 N–H and O–H groups in total. The van der Waals surface area contributed by atoms with E-state index in [4.69, 9.17) is 9.26 Å². The number of rotatable bonds is 5. The molecule has 1 aliphatic carbocycles. The van der Waals surface area contributed by atoms with E-state index in [1.54, 1.807) is 11.8 Å². The number of hydrogen-bond acceptors (Lipinski definition) is 6. The fraction of sp³-hybridized carbons (Fsp3) is 0.727. The van der Waals surface area contributed by atoms with Crippen LogP contribution in [0.5, 0.6) is 0 Å². The molecular formula is C22H30N4O4. The van der Waals surface area contributed by atoms with Crippen LogP contribution in [0.3, 0.4) is 0 Å². The first kappa shape index (κ1) is 19.7. The van der Waals surface area contributed by atoms with E-state index in [9.17, 15) is 9.59 Å². The van der Waals surface area contributed by atoms with Crippen LogP contribution >= 0.6 is 0 Å². The van der Waals surface area contributed by atoms with Gasteiger partial charge in [0.2, 0.25) is 17.7 Å². The highest BCUT2D eigenvalue weighted by Crippen LogP contribution is 2.53. The Bertz CT molecular complexity index is 859. The van der Waals surface area contributed by atoms with Crippen molar-refractivity contribution < 1.29 is 18.8 Å². The molecule has 0 radical (unpaired) electrons. The second-order valence-electron chi connectivity index (χ2n) is 9.10. The Labute approximate surface area is 176 Å². The number of fused-ring (bicyclic) bond motifs is 1. The van der Waals surface area contributed by atoms with E-state index >= 15 is 0 Å². The van der Waals surface area contributed by atoms with Gasteiger partial charge in [-0.25, -0.2) is 0 Å². The number of aryl methyl sites for hydroxylation is 1. The Hall–Kier alpha value is -2.22. The molecule has 3 fully saturated rings. The number of carbonyl (C=O) groups excluding carboxylic acids is 2. The van der Waals surface area contributed by atoms with Crippen molar-refractivity contribution in [2.45, 2.75) is 76.7 Å². The highest BCUT2D eigenvalue weighted by atomic mass is 16.5. The Morgan fingerprint density at radius 3 is 2.73 bits per heavy atom. The molecule has 4 heterocycles. The number of amides is 2. The van der Waals surface area contributed by atoms with E-state index in [1.165, 1.54) is 25.7 Å². The fourth-order valence-corrected chi connectivity index (χ4v) is 5.81. The fourth-order valence-electron chi connectivity index (χ4n) is 5.81.